The molecule has 0 saturated carbocycles. The van der Waals surface area contributed by atoms with E-state index in [1.807, 2.05) is 24.3 Å². The molecule has 7 heteroatoms. The van der Waals surface area contributed by atoms with Crippen molar-refractivity contribution in [2.45, 2.75) is 6.92 Å². The van der Waals surface area contributed by atoms with Crippen LogP contribution in [0.15, 0.2) is 48.5 Å². The molecule has 1 aliphatic rings. The summed E-state index contributed by atoms with van der Waals surface area (Å²) >= 11 is 0. The smallest absolute Gasteiger partial charge is 0.338 e. The summed E-state index contributed by atoms with van der Waals surface area (Å²) in [5.74, 6) is -0.397. The van der Waals surface area contributed by atoms with Crippen LogP contribution in [-0.2, 0) is 9.53 Å². The summed E-state index contributed by atoms with van der Waals surface area (Å²) in [7, 11) is 1.52. The molecule has 2 aromatic carbocycles. The second-order valence-electron chi connectivity index (χ2n) is 6.82. The molecule has 0 aliphatic carbocycles. The highest BCUT2D eigenvalue weighted by Crippen LogP contribution is 2.19. The predicted molar refractivity (Wildman–Crippen MR) is 113 cm³/mol. The van der Waals surface area contributed by atoms with Crippen molar-refractivity contribution in [3.8, 4) is 5.75 Å². The minimum absolute atomic E-state index is 0.338. The number of likely N-dealkylation sites (N-methyl/N-ethyl adjacent to an activating group) is 1. The van der Waals surface area contributed by atoms with Gasteiger partial charge in [0.25, 0.3) is 5.91 Å². The number of esters is 1. The lowest BCUT2D eigenvalue weighted by Gasteiger charge is -2.35. The van der Waals surface area contributed by atoms with Crippen LogP contribution in [0.3, 0.4) is 0 Å². The standard InChI is InChI=1S/C22H27N3O4/c1-3-24-11-13-25(14-12-24)19-9-7-18(8-10-19)23-21(26)16-29-22(27)17-5-4-6-20(15-17)28-2/h4-10,15H,3,11-14,16H2,1-2H3,(H,23,26). The number of carbonyl (C=O) groups excluding carboxylic acids is 2. The number of nitrogens with one attached hydrogen (secondary N) is 1. The number of piperazine rings is 1. The first-order valence-electron chi connectivity index (χ1n) is 9.77. The van der Waals surface area contributed by atoms with Crippen LogP contribution in [0.5, 0.6) is 5.75 Å². The van der Waals surface area contributed by atoms with Gasteiger partial charge in [0, 0.05) is 37.6 Å². The summed E-state index contributed by atoms with van der Waals surface area (Å²) in [6.45, 7) is 7.04. The first-order valence-corrected chi connectivity index (χ1v) is 9.77. The van der Waals surface area contributed by atoms with Gasteiger partial charge < -0.3 is 24.6 Å². The minimum Gasteiger partial charge on any atom is -0.497 e. The molecule has 3 rings (SSSR count). The van der Waals surface area contributed by atoms with E-state index in [1.54, 1.807) is 24.3 Å². The van der Waals surface area contributed by atoms with E-state index >= 15 is 0 Å². The third-order valence-electron chi connectivity index (χ3n) is 4.98. The number of benzene rings is 2. The third-order valence-corrected chi connectivity index (χ3v) is 4.98. The summed E-state index contributed by atoms with van der Waals surface area (Å²) in [5, 5.41) is 2.75. The average Bonchev–Trinajstić information content (AvgIpc) is 2.78. The lowest BCUT2D eigenvalue weighted by atomic mass is 10.2. The normalized spacial score (nSPS) is 14.3. The molecule has 2 aromatic rings. The monoisotopic (exact) mass is 397 g/mol. The fourth-order valence-corrected chi connectivity index (χ4v) is 3.24. The van der Waals surface area contributed by atoms with Crippen molar-refractivity contribution in [1.29, 1.82) is 0 Å². The SMILES string of the molecule is CCN1CCN(c2ccc(NC(=O)COC(=O)c3cccc(OC)c3)cc2)CC1. The second-order valence-corrected chi connectivity index (χ2v) is 6.82. The number of hydrogen-bond acceptors (Lipinski definition) is 6. The molecule has 7 nitrogen and oxygen atoms in total. The Hall–Kier alpha value is -3.06. The Labute approximate surface area is 171 Å². The topological polar surface area (TPSA) is 71.1 Å². The highest BCUT2D eigenvalue weighted by molar-refractivity contribution is 5.95. The molecule has 0 aromatic heterocycles. The molecule has 0 atom stereocenters. The van der Waals surface area contributed by atoms with Gasteiger partial charge in [-0.1, -0.05) is 13.0 Å². The maximum absolute atomic E-state index is 12.1. The van der Waals surface area contributed by atoms with Crippen molar-refractivity contribution in [2.24, 2.45) is 0 Å². The van der Waals surface area contributed by atoms with E-state index in [1.165, 1.54) is 7.11 Å². The zero-order valence-corrected chi connectivity index (χ0v) is 16.9. The van der Waals surface area contributed by atoms with E-state index in [0.29, 0.717) is 17.0 Å². The third kappa shape index (κ3) is 5.71. The van der Waals surface area contributed by atoms with Gasteiger partial charge in [0.1, 0.15) is 5.75 Å². The number of hydrogen-bond donors (Lipinski definition) is 1. The molecule has 1 N–H and O–H groups in total. The zero-order valence-electron chi connectivity index (χ0n) is 16.9. The maximum Gasteiger partial charge on any atom is 0.338 e. The van der Waals surface area contributed by atoms with Gasteiger partial charge in [0.05, 0.1) is 12.7 Å². The van der Waals surface area contributed by atoms with Crippen LogP contribution in [-0.4, -0.2) is 63.2 Å². The Balaban J connectivity index is 1.47. The Kier molecular flexibility index (Phi) is 7.08. The molecule has 0 radical (unpaired) electrons. The minimum atomic E-state index is -0.569. The van der Waals surface area contributed by atoms with Crippen LogP contribution in [0.4, 0.5) is 11.4 Å². The van der Waals surface area contributed by atoms with E-state index in [2.05, 4.69) is 22.0 Å². The van der Waals surface area contributed by atoms with Crippen molar-refractivity contribution in [3.63, 3.8) is 0 Å². The number of carbonyl (C=O) groups is 2. The lowest BCUT2D eigenvalue weighted by Crippen LogP contribution is -2.46. The predicted octanol–water partition coefficient (Wildman–Crippen LogP) is 2.63. The fraction of sp³-hybridized carbons (Fsp3) is 0.364. The second kappa shape index (κ2) is 9.93. The first kappa shape index (κ1) is 20.7. The average molecular weight is 397 g/mol. The van der Waals surface area contributed by atoms with Crippen molar-refractivity contribution in [3.05, 3.63) is 54.1 Å². The van der Waals surface area contributed by atoms with Crippen molar-refractivity contribution in [2.75, 3.05) is 56.7 Å². The van der Waals surface area contributed by atoms with Crippen molar-refractivity contribution in [1.82, 2.24) is 4.90 Å². The molecule has 0 bridgehead atoms. The zero-order chi connectivity index (χ0) is 20.6. The molecule has 1 heterocycles. The Morgan fingerprint density at radius 3 is 2.41 bits per heavy atom. The van der Waals surface area contributed by atoms with Crippen molar-refractivity contribution < 1.29 is 19.1 Å². The van der Waals surface area contributed by atoms with Crippen LogP contribution in [0, 0.1) is 0 Å². The molecule has 154 valence electrons. The summed E-state index contributed by atoms with van der Waals surface area (Å²) in [5.41, 5.74) is 2.15. The summed E-state index contributed by atoms with van der Waals surface area (Å²) < 4.78 is 10.2. The number of rotatable bonds is 7. The highest BCUT2D eigenvalue weighted by Gasteiger charge is 2.16. The highest BCUT2D eigenvalue weighted by atomic mass is 16.5. The van der Waals surface area contributed by atoms with Crippen LogP contribution in [0.2, 0.25) is 0 Å². The molecule has 1 saturated heterocycles. The van der Waals surface area contributed by atoms with Gasteiger partial charge in [-0.2, -0.15) is 0 Å². The number of nitrogens with zero attached hydrogens (tertiary/aromatic N) is 2. The number of amides is 1. The van der Waals surface area contributed by atoms with Gasteiger partial charge in [0.15, 0.2) is 6.61 Å². The Morgan fingerprint density at radius 2 is 1.76 bits per heavy atom. The van der Waals surface area contributed by atoms with Gasteiger partial charge >= 0.3 is 5.97 Å². The fourth-order valence-electron chi connectivity index (χ4n) is 3.24. The lowest BCUT2D eigenvalue weighted by molar-refractivity contribution is -0.119. The largest absolute Gasteiger partial charge is 0.497 e. The molecular formula is C22H27N3O4. The van der Waals surface area contributed by atoms with Gasteiger partial charge in [0.2, 0.25) is 0 Å². The van der Waals surface area contributed by atoms with Crippen LogP contribution >= 0.6 is 0 Å². The maximum atomic E-state index is 12.1. The van der Waals surface area contributed by atoms with Crippen LogP contribution in [0.25, 0.3) is 0 Å². The Morgan fingerprint density at radius 1 is 1.03 bits per heavy atom. The molecule has 1 fully saturated rings. The van der Waals surface area contributed by atoms with Gasteiger partial charge in [-0.3, -0.25) is 4.79 Å². The summed E-state index contributed by atoms with van der Waals surface area (Å²) in [4.78, 5) is 28.9. The quantitative estimate of drug-likeness (QED) is 0.725. The Bertz CT molecular complexity index is 830. The van der Waals surface area contributed by atoms with Crippen LogP contribution < -0.4 is 15.0 Å². The van der Waals surface area contributed by atoms with Gasteiger partial charge in [-0.25, -0.2) is 4.79 Å². The molecule has 1 aliphatic heterocycles. The van der Waals surface area contributed by atoms with E-state index in [0.717, 1.165) is 38.4 Å². The van der Waals surface area contributed by atoms with E-state index < -0.39 is 5.97 Å². The van der Waals surface area contributed by atoms with Crippen molar-refractivity contribution >= 4 is 23.3 Å². The van der Waals surface area contributed by atoms with E-state index in [-0.39, 0.29) is 12.5 Å². The van der Waals surface area contributed by atoms with Gasteiger partial charge in [-0.15, -0.1) is 0 Å². The number of anilines is 2. The molecule has 0 unspecified atom stereocenters. The van der Waals surface area contributed by atoms with Gasteiger partial charge in [-0.05, 0) is 49.0 Å². The summed E-state index contributed by atoms with van der Waals surface area (Å²) in [6.07, 6.45) is 0. The molecule has 1 amide bonds. The first-order chi connectivity index (χ1) is 14.1. The summed E-state index contributed by atoms with van der Waals surface area (Å²) in [6, 6.07) is 14.3. The molecular weight excluding hydrogens is 370 g/mol. The van der Waals surface area contributed by atoms with Crippen LogP contribution in [0.1, 0.15) is 17.3 Å². The van der Waals surface area contributed by atoms with E-state index in [9.17, 15) is 9.59 Å². The van der Waals surface area contributed by atoms with E-state index in [4.69, 9.17) is 9.47 Å². The molecule has 0 spiro atoms. The molecule has 29 heavy (non-hydrogen) atoms. The number of methoxy groups -OCH3 is 1. The number of ether oxygens (including phenoxy) is 2.